The molecule has 6 nitrogen and oxygen atoms in total. The molecule has 0 saturated heterocycles. The second kappa shape index (κ2) is 8.49. The van der Waals surface area contributed by atoms with Crippen molar-refractivity contribution in [1.29, 1.82) is 0 Å². The average molecular weight is 351 g/mol. The van der Waals surface area contributed by atoms with Gasteiger partial charge < -0.3 is 15.0 Å². The van der Waals surface area contributed by atoms with Gasteiger partial charge in [0.15, 0.2) is 6.61 Å². The Bertz CT molecular complexity index is 656. The average Bonchev–Trinajstić information content (AvgIpc) is 3.35. The summed E-state index contributed by atoms with van der Waals surface area (Å²) in [4.78, 5) is 36.3. The molecular weight excluding hydrogens is 332 g/mol. The van der Waals surface area contributed by atoms with Crippen LogP contribution in [0.5, 0.6) is 0 Å². The van der Waals surface area contributed by atoms with E-state index in [2.05, 4.69) is 5.32 Å². The normalized spacial score (nSPS) is 13.6. The summed E-state index contributed by atoms with van der Waals surface area (Å²) in [5.74, 6) is -1.31. The molecule has 0 aromatic heterocycles. The van der Waals surface area contributed by atoms with Crippen molar-refractivity contribution < 1.29 is 19.1 Å². The predicted octanol–water partition coefficient (Wildman–Crippen LogP) is 1.63. The van der Waals surface area contributed by atoms with E-state index in [0.717, 1.165) is 12.8 Å². The summed E-state index contributed by atoms with van der Waals surface area (Å²) in [5.41, 5.74) is 0.677. The quantitative estimate of drug-likeness (QED) is 0.599. The van der Waals surface area contributed by atoms with Crippen LogP contribution in [0, 0.1) is 0 Å². The molecule has 1 N–H and O–H groups in total. The zero-order chi connectivity index (χ0) is 17.5. The number of nitrogens with zero attached hydrogens (tertiary/aromatic N) is 1. The van der Waals surface area contributed by atoms with Crippen LogP contribution in [-0.4, -0.2) is 48.9 Å². The van der Waals surface area contributed by atoms with E-state index in [1.54, 1.807) is 24.3 Å². The lowest BCUT2D eigenvalue weighted by Gasteiger charge is -2.16. The minimum absolute atomic E-state index is 0.0532. The van der Waals surface area contributed by atoms with E-state index >= 15 is 0 Å². The predicted molar refractivity (Wildman–Crippen MR) is 90.2 cm³/mol. The van der Waals surface area contributed by atoms with Gasteiger partial charge >= 0.3 is 5.97 Å². The fourth-order valence-electron chi connectivity index (χ4n) is 1.86. The van der Waals surface area contributed by atoms with Crippen LogP contribution in [0.3, 0.4) is 0 Å². The third-order valence-electron chi connectivity index (χ3n) is 3.39. The van der Waals surface area contributed by atoms with Gasteiger partial charge in [-0.05, 0) is 30.5 Å². The molecule has 1 aromatic rings. The van der Waals surface area contributed by atoms with Gasteiger partial charge in [0.1, 0.15) is 0 Å². The highest BCUT2D eigenvalue weighted by atomic mass is 35.5. The molecule has 0 radical (unpaired) electrons. The van der Waals surface area contributed by atoms with Gasteiger partial charge in [-0.15, -0.1) is 0 Å². The fourth-order valence-corrected chi connectivity index (χ4v) is 2.06. The van der Waals surface area contributed by atoms with E-state index in [1.165, 1.54) is 24.1 Å². The molecule has 0 spiro atoms. The molecule has 0 atom stereocenters. The Morgan fingerprint density at radius 3 is 2.71 bits per heavy atom. The Morgan fingerprint density at radius 2 is 2.04 bits per heavy atom. The molecule has 0 unspecified atom stereocenters. The van der Waals surface area contributed by atoms with Crippen LogP contribution in [0.2, 0.25) is 5.02 Å². The number of esters is 1. The highest BCUT2D eigenvalue weighted by molar-refractivity contribution is 6.32. The first kappa shape index (κ1) is 18.0. The van der Waals surface area contributed by atoms with Crippen molar-refractivity contribution in [3.63, 3.8) is 0 Å². The van der Waals surface area contributed by atoms with Crippen LogP contribution in [0.15, 0.2) is 30.3 Å². The number of amides is 2. The Kier molecular flexibility index (Phi) is 6.37. The molecule has 1 aliphatic carbocycles. The summed E-state index contributed by atoms with van der Waals surface area (Å²) in [5, 5.41) is 3.30. The Morgan fingerprint density at radius 1 is 1.33 bits per heavy atom. The lowest BCUT2D eigenvalue weighted by Crippen LogP contribution is -2.40. The van der Waals surface area contributed by atoms with E-state index < -0.39 is 18.5 Å². The summed E-state index contributed by atoms with van der Waals surface area (Å²) in [6, 6.07) is 7.28. The summed E-state index contributed by atoms with van der Waals surface area (Å²) in [6.07, 6.45) is 4.69. The monoisotopic (exact) mass is 350 g/mol. The number of halogens is 1. The van der Waals surface area contributed by atoms with Crippen molar-refractivity contribution in [2.45, 2.75) is 18.9 Å². The van der Waals surface area contributed by atoms with Crippen LogP contribution in [0.25, 0.3) is 6.08 Å². The number of hydrogen-bond donors (Lipinski definition) is 1. The summed E-state index contributed by atoms with van der Waals surface area (Å²) in [7, 11) is 1.49. The Hall–Kier alpha value is -2.34. The maximum Gasteiger partial charge on any atom is 0.331 e. The maximum atomic E-state index is 11.8. The van der Waals surface area contributed by atoms with E-state index in [1.807, 2.05) is 0 Å². The molecule has 0 aliphatic heterocycles. The van der Waals surface area contributed by atoms with Gasteiger partial charge in [0.25, 0.3) is 5.91 Å². The first-order chi connectivity index (χ1) is 11.5. The van der Waals surface area contributed by atoms with Crippen molar-refractivity contribution in [1.82, 2.24) is 10.2 Å². The maximum absolute atomic E-state index is 11.8. The minimum Gasteiger partial charge on any atom is -0.452 e. The number of rotatable bonds is 7. The van der Waals surface area contributed by atoms with Crippen LogP contribution in [0.4, 0.5) is 0 Å². The van der Waals surface area contributed by atoms with Crippen LogP contribution >= 0.6 is 11.6 Å². The number of nitrogens with one attached hydrogen (secondary N) is 1. The molecular formula is C17H19ClN2O4. The minimum atomic E-state index is -0.654. The zero-order valence-corrected chi connectivity index (χ0v) is 14.1. The lowest BCUT2D eigenvalue weighted by atomic mass is 10.2. The Balaban J connectivity index is 1.73. The second-order valence-electron chi connectivity index (χ2n) is 5.55. The fraction of sp³-hybridized carbons (Fsp3) is 0.353. The number of likely N-dealkylation sites (N-methyl/N-ethyl adjacent to an activating group) is 1. The molecule has 2 rings (SSSR count). The van der Waals surface area contributed by atoms with Gasteiger partial charge in [0.05, 0.1) is 6.54 Å². The van der Waals surface area contributed by atoms with Crippen molar-refractivity contribution in [2.24, 2.45) is 0 Å². The number of carbonyl (C=O) groups is 3. The first-order valence-corrected chi connectivity index (χ1v) is 7.96. The largest absolute Gasteiger partial charge is 0.452 e. The second-order valence-corrected chi connectivity index (χ2v) is 5.96. The van der Waals surface area contributed by atoms with Gasteiger partial charge in [0, 0.05) is 24.2 Å². The molecule has 1 saturated carbocycles. The Labute approximate surface area is 145 Å². The smallest absolute Gasteiger partial charge is 0.331 e. The van der Waals surface area contributed by atoms with Crippen molar-refractivity contribution >= 4 is 35.5 Å². The first-order valence-electron chi connectivity index (χ1n) is 7.58. The number of benzene rings is 1. The van der Waals surface area contributed by atoms with Crippen LogP contribution < -0.4 is 5.32 Å². The number of ether oxygens (including phenoxy) is 1. The molecule has 128 valence electrons. The molecule has 0 heterocycles. The number of hydrogen-bond acceptors (Lipinski definition) is 4. The lowest BCUT2D eigenvalue weighted by molar-refractivity contribution is -0.148. The SMILES string of the molecule is CN(CC(=O)NC1CC1)C(=O)COC(=O)/C=C/c1ccccc1Cl. The van der Waals surface area contributed by atoms with Gasteiger partial charge in [-0.25, -0.2) is 4.79 Å². The molecule has 1 aromatic carbocycles. The van der Waals surface area contributed by atoms with Crippen molar-refractivity contribution in [2.75, 3.05) is 20.2 Å². The molecule has 2 amide bonds. The summed E-state index contributed by atoms with van der Waals surface area (Å²) in [6.45, 7) is -0.471. The van der Waals surface area contributed by atoms with Crippen molar-refractivity contribution in [3.05, 3.63) is 40.9 Å². The molecule has 1 fully saturated rings. The van der Waals surface area contributed by atoms with E-state index in [9.17, 15) is 14.4 Å². The zero-order valence-electron chi connectivity index (χ0n) is 13.3. The topological polar surface area (TPSA) is 75.7 Å². The van der Waals surface area contributed by atoms with E-state index in [4.69, 9.17) is 16.3 Å². The highest BCUT2D eigenvalue weighted by Gasteiger charge is 2.24. The van der Waals surface area contributed by atoms with Gasteiger partial charge in [-0.2, -0.15) is 0 Å². The molecule has 7 heteroatoms. The van der Waals surface area contributed by atoms with Gasteiger partial charge in [0.2, 0.25) is 5.91 Å². The summed E-state index contributed by atoms with van der Waals surface area (Å²) < 4.78 is 4.87. The molecule has 0 bridgehead atoms. The standard InChI is InChI=1S/C17H19ClN2O4/c1-20(10-15(21)19-13-7-8-13)16(22)11-24-17(23)9-6-12-4-2-3-5-14(12)18/h2-6,9,13H,7-8,10-11H2,1H3,(H,19,21)/b9-6+. The van der Waals surface area contributed by atoms with Gasteiger partial charge in [-0.1, -0.05) is 29.8 Å². The van der Waals surface area contributed by atoms with Crippen molar-refractivity contribution in [3.8, 4) is 0 Å². The van der Waals surface area contributed by atoms with Gasteiger partial charge in [-0.3, -0.25) is 9.59 Å². The molecule has 24 heavy (non-hydrogen) atoms. The molecule has 1 aliphatic rings. The van der Waals surface area contributed by atoms with Crippen LogP contribution in [0.1, 0.15) is 18.4 Å². The van der Waals surface area contributed by atoms with E-state index in [0.29, 0.717) is 10.6 Å². The third-order valence-corrected chi connectivity index (χ3v) is 3.74. The third kappa shape index (κ3) is 6.04. The van der Waals surface area contributed by atoms with Crippen LogP contribution in [-0.2, 0) is 19.1 Å². The highest BCUT2D eigenvalue weighted by Crippen LogP contribution is 2.18. The summed E-state index contributed by atoms with van der Waals surface area (Å²) >= 11 is 5.96. The number of carbonyl (C=O) groups excluding carboxylic acids is 3. The van der Waals surface area contributed by atoms with E-state index in [-0.39, 0.29) is 18.5 Å².